The number of benzene rings is 1. The van der Waals surface area contributed by atoms with Gasteiger partial charge in [-0.05, 0) is 69.7 Å². The molecule has 222 valence electrons. The molecule has 0 aromatic heterocycles. The van der Waals surface area contributed by atoms with Gasteiger partial charge < -0.3 is 26.6 Å². The highest BCUT2D eigenvalue weighted by atomic mass is 16.6. The topological polar surface area (TPSA) is 122 Å². The van der Waals surface area contributed by atoms with Gasteiger partial charge in [0.2, 0.25) is 0 Å². The van der Waals surface area contributed by atoms with Crippen LogP contribution in [0.3, 0.4) is 0 Å². The van der Waals surface area contributed by atoms with Crippen molar-refractivity contribution in [3.8, 4) is 0 Å². The minimum Gasteiger partial charge on any atom is -0.315 e. The second kappa shape index (κ2) is 20.2. The van der Waals surface area contributed by atoms with Crippen LogP contribution in [0, 0.1) is 10.1 Å². The van der Waals surface area contributed by atoms with Crippen LogP contribution in [-0.4, -0.2) is 119 Å². The molecule has 3 rings (SSSR count). The van der Waals surface area contributed by atoms with Crippen LogP contribution in [0.25, 0.3) is 0 Å². The first-order chi connectivity index (χ1) is 19.2. The molecule has 2 fully saturated rings. The van der Waals surface area contributed by atoms with Crippen molar-refractivity contribution in [1.82, 2.24) is 41.7 Å². The van der Waals surface area contributed by atoms with Crippen molar-refractivity contribution in [1.29, 1.82) is 0 Å². The molecule has 2 saturated heterocycles. The van der Waals surface area contributed by atoms with Crippen LogP contribution in [-0.2, 0) is 13.1 Å². The van der Waals surface area contributed by atoms with Crippen LogP contribution in [0.1, 0.15) is 36.8 Å². The Kier molecular flexibility index (Phi) is 16.5. The Bertz CT molecular complexity index is 771. The third-order valence-corrected chi connectivity index (χ3v) is 7.39. The molecule has 2 heterocycles. The summed E-state index contributed by atoms with van der Waals surface area (Å²) in [5.74, 6) is 0. The molecule has 11 nitrogen and oxygen atoms in total. The van der Waals surface area contributed by atoms with Crippen molar-refractivity contribution >= 4 is 0 Å². The van der Waals surface area contributed by atoms with Gasteiger partial charge in [0.05, 0.1) is 0 Å². The Morgan fingerprint density at radius 2 is 1.18 bits per heavy atom. The molecule has 0 amide bonds. The lowest BCUT2D eigenvalue weighted by molar-refractivity contribution is -0.530. The van der Waals surface area contributed by atoms with Crippen LogP contribution in [0.15, 0.2) is 24.3 Å². The Labute approximate surface area is 235 Å². The maximum absolute atomic E-state index is 11.5. The van der Waals surface area contributed by atoms with E-state index in [0.717, 1.165) is 117 Å². The van der Waals surface area contributed by atoms with E-state index in [1.807, 2.05) is 0 Å². The summed E-state index contributed by atoms with van der Waals surface area (Å²) >= 11 is 0. The summed E-state index contributed by atoms with van der Waals surface area (Å²) in [6.45, 7) is 16.0. The first-order valence-electron chi connectivity index (χ1n) is 15.1. The fourth-order valence-electron chi connectivity index (χ4n) is 5.20. The highest BCUT2D eigenvalue weighted by Crippen LogP contribution is 2.12. The van der Waals surface area contributed by atoms with Gasteiger partial charge in [-0.15, -0.1) is 0 Å². The first kappa shape index (κ1) is 31.8. The van der Waals surface area contributed by atoms with Gasteiger partial charge in [-0.25, -0.2) is 0 Å². The van der Waals surface area contributed by atoms with Crippen molar-refractivity contribution < 1.29 is 4.92 Å². The number of hydrogen-bond donors (Lipinski definition) is 6. The molecule has 2 aliphatic rings. The molecule has 1 aromatic rings. The molecule has 0 bridgehead atoms. The first-order valence-corrected chi connectivity index (χ1v) is 15.1. The maximum Gasteiger partial charge on any atom is 0.267 e. The predicted molar refractivity (Wildman–Crippen MR) is 159 cm³/mol. The molecule has 39 heavy (non-hydrogen) atoms. The smallest absolute Gasteiger partial charge is 0.267 e. The third-order valence-electron chi connectivity index (χ3n) is 7.39. The van der Waals surface area contributed by atoms with Crippen LogP contribution < -0.4 is 31.9 Å². The summed E-state index contributed by atoms with van der Waals surface area (Å²) in [7, 11) is 0. The average molecular weight is 548 g/mol. The van der Waals surface area contributed by atoms with Gasteiger partial charge in [0.15, 0.2) is 0 Å². The third kappa shape index (κ3) is 14.5. The summed E-state index contributed by atoms with van der Waals surface area (Å²) in [5, 5.41) is 32.1. The van der Waals surface area contributed by atoms with E-state index in [9.17, 15) is 10.1 Å². The maximum atomic E-state index is 11.5. The highest BCUT2D eigenvalue weighted by molar-refractivity contribution is 5.23. The van der Waals surface area contributed by atoms with Gasteiger partial charge in [0.25, 0.3) is 6.17 Å². The second-order valence-electron chi connectivity index (χ2n) is 10.7. The van der Waals surface area contributed by atoms with Crippen LogP contribution in [0.4, 0.5) is 0 Å². The van der Waals surface area contributed by atoms with Gasteiger partial charge in [-0.2, -0.15) is 0 Å². The monoisotopic (exact) mass is 547 g/mol. The molecule has 1 atom stereocenters. The van der Waals surface area contributed by atoms with E-state index in [0.29, 0.717) is 19.5 Å². The Balaban J connectivity index is 1.55. The molecule has 11 heteroatoms. The van der Waals surface area contributed by atoms with E-state index in [-0.39, 0.29) is 4.92 Å². The molecular formula is C28H53N9O2. The molecule has 2 aliphatic heterocycles. The minimum atomic E-state index is -0.700. The van der Waals surface area contributed by atoms with E-state index in [2.05, 4.69) is 66.0 Å². The second-order valence-corrected chi connectivity index (χ2v) is 10.7. The number of rotatable bonds is 5. The molecule has 0 radical (unpaired) electrons. The van der Waals surface area contributed by atoms with E-state index in [1.165, 1.54) is 11.1 Å². The molecule has 0 spiro atoms. The van der Waals surface area contributed by atoms with Crippen molar-refractivity contribution in [2.24, 2.45) is 0 Å². The number of nitrogens with zero attached hydrogens (tertiary/aromatic N) is 3. The van der Waals surface area contributed by atoms with Crippen LogP contribution in [0.2, 0.25) is 0 Å². The van der Waals surface area contributed by atoms with Gasteiger partial charge in [0, 0.05) is 83.3 Å². The van der Waals surface area contributed by atoms with Gasteiger partial charge in [-0.1, -0.05) is 24.3 Å². The number of nitro groups is 1. The lowest BCUT2D eigenvalue weighted by atomic mass is 10.1. The van der Waals surface area contributed by atoms with Crippen molar-refractivity contribution in [2.75, 3.05) is 98.2 Å². The number of hydrogen-bond acceptors (Lipinski definition) is 10. The summed E-state index contributed by atoms with van der Waals surface area (Å²) in [4.78, 5) is 16.3. The molecule has 0 saturated carbocycles. The molecule has 1 unspecified atom stereocenters. The average Bonchev–Trinajstić information content (AvgIpc) is 2.92. The fourth-order valence-corrected chi connectivity index (χ4v) is 5.20. The van der Waals surface area contributed by atoms with Crippen LogP contribution >= 0.6 is 0 Å². The van der Waals surface area contributed by atoms with Crippen LogP contribution in [0.5, 0.6) is 0 Å². The van der Waals surface area contributed by atoms with Gasteiger partial charge in [-0.3, -0.25) is 25.2 Å². The number of nitrogens with one attached hydrogen (secondary N) is 6. The van der Waals surface area contributed by atoms with Gasteiger partial charge in [0.1, 0.15) is 0 Å². The Morgan fingerprint density at radius 1 is 0.667 bits per heavy atom. The normalized spacial score (nSPS) is 23.8. The summed E-state index contributed by atoms with van der Waals surface area (Å²) in [6, 6.07) is 9.00. The lowest BCUT2D eigenvalue weighted by Crippen LogP contribution is -2.43. The van der Waals surface area contributed by atoms with E-state index < -0.39 is 6.17 Å². The van der Waals surface area contributed by atoms with Crippen molar-refractivity contribution in [3.05, 3.63) is 45.5 Å². The Morgan fingerprint density at radius 3 is 1.77 bits per heavy atom. The minimum absolute atomic E-state index is 0.191. The predicted octanol–water partition coefficient (Wildman–Crippen LogP) is 0.0186. The van der Waals surface area contributed by atoms with E-state index >= 15 is 0 Å². The largest absolute Gasteiger partial charge is 0.315 e. The zero-order valence-electron chi connectivity index (χ0n) is 23.9. The molecular weight excluding hydrogens is 494 g/mol. The highest BCUT2D eigenvalue weighted by Gasteiger charge is 2.19. The SMILES string of the molecule is O=[N+]([O-])C1CCNCCNCCCN(Cc2cccc(CN3CCCNCCNCCCNCC3)c2)CCN1. The molecule has 6 N–H and O–H groups in total. The Hall–Kier alpha value is -1.70. The zero-order chi connectivity index (χ0) is 27.4. The van der Waals surface area contributed by atoms with E-state index in [1.54, 1.807) is 0 Å². The summed E-state index contributed by atoms with van der Waals surface area (Å²) in [5.41, 5.74) is 2.67. The molecule has 0 aliphatic carbocycles. The summed E-state index contributed by atoms with van der Waals surface area (Å²) < 4.78 is 0. The lowest BCUT2D eigenvalue weighted by Gasteiger charge is -2.25. The van der Waals surface area contributed by atoms with Crippen molar-refractivity contribution in [2.45, 2.75) is 44.9 Å². The zero-order valence-corrected chi connectivity index (χ0v) is 23.9. The summed E-state index contributed by atoms with van der Waals surface area (Å²) in [6.07, 6.45) is 3.16. The quantitative estimate of drug-likeness (QED) is 0.222. The van der Waals surface area contributed by atoms with Gasteiger partial charge >= 0.3 is 0 Å². The fraction of sp³-hybridized carbons (Fsp3) is 0.786. The van der Waals surface area contributed by atoms with Crippen molar-refractivity contribution in [3.63, 3.8) is 0 Å². The van der Waals surface area contributed by atoms with E-state index in [4.69, 9.17) is 0 Å². The molecule has 1 aromatic carbocycles. The standard InChI is InChI=1S/C28H53N9O2/c38-37(39)28-7-12-33-16-15-31-11-4-20-36(22-18-34-28)25-27-6-1-5-26(23-27)24-35-19-3-10-30-14-13-29-8-2-9-32-17-21-35/h1,5-6,23,28-34H,2-4,7-22,24-25H2.